The lowest BCUT2D eigenvalue weighted by molar-refractivity contribution is 0.404. The third-order valence-corrected chi connectivity index (χ3v) is 4.76. The molecule has 2 rings (SSSR count). The highest BCUT2D eigenvalue weighted by Gasteiger charge is 2.13. The fourth-order valence-corrected chi connectivity index (χ4v) is 2.58. The van der Waals surface area contributed by atoms with Crippen molar-refractivity contribution >= 4 is 27.3 Å². The third-order valence-electron chi connectivity index (χ3n) is 2.29. The molecule has 0 radical (unpaired) electrons. The van der Waals surface area contributed by atoms with E-state index < -0.39 is 0 Å². The maximum atomic E-state index is 9.42. The van der Waals surface area contributed by atoms with Crippen LogP contribution in [0.4, 0.5) is 0 Å². The first-order valence-corrected chi connectivity index (χ1v) is 6.85. The van der Waals surface area contributed by atoms with Crippen LogP contribution in [0, 0.1) is 0 Å². The Morgan fingerprint density at radius 1 is 1.29 bits per heavy atom. The zero-order valence-electron chi connectivity index (χ0n) is 9.09. The van der Waals surface area contributed by atoms with Crippen LogP contribution < -0.4 is 0 Å². The lowest BCUT2D eigenvalue weighted by Gasteiger charge is -2.00. The minimum Gasteiger partial charge on any atom is -0.504 e. The highest BCUT2D eigenvalue weighted by Crippen LogP contribution is 2.35. The van der Waals surface area contributed by atoms with Crippen LogP contribution in [0.15, 0.2) is 18.2 Å². The number of alkyl halides is 1. The van der Waals surface area contributed by atoms with Gasteiger partial charge in [-0.3, -0.25) is 0 Å². The first kappa shape index (κ1) is 12.3. The Labute approximate surface area is 111 Å². The van der Waals surface area contributed by atoms with Crippen molar-refractivity contribution in [3.05, 3.63) is 23.2 Å². The summed E-state index contributed by atoms with van der Waals surface area (Å²) in [7, 11) is 0. The van der Waals surface area contributed by atoms with E-state index in [1.807, 2.05) is 0 Å². The molecular formula is C11H11BrN2O2S. The molecule has 2 aromatic rings. The summed E-state index contributed by atoms with van der Waals surface area (Å²) in [5.74, 6) is -0.282. The molecule has 2 N–H and O–H groups in total. The predicted molar refractivity (Wildman–Crippen MR) is 70.6 cm³/mol. The number of phenols is 2. The Kier molecular flexibility index (Phi) is 3.63. The Hall–Kier alpha value is -1.14. The first-order chi connectivity index (χ1) is 8.11. The lowest BCUT2D eigenvalue weighted by Crippen LogP contribution is -1.84. The standard InChI is InChI=1S/C11H11BrN2O2S/c1-2-7(12)11-14-13-10(17-11)6-3-4-8(15)9(16)5-6/h3-5,7,15-16H,2H2,1H3. The van der Waals surface area contributed by atoms with Crippen molar-refractivity contribution in [1.29, 1.82) is 0 Å². The summed E-state index contributed by atoms with van der Waals surface area (Å²) in [6.45, 7) is 2.06. The molecule has 1 aromatic heterocycles. The Bertz CT molecular complexity index is 530. The number of phenolic OH excluding ortho intramolecular Hbond substituents is 2. The van der Waals surface area contributed by atoms with Crippen LogP contribution in [0.1, 0.15) is 23.2 Å². The second kappa shape index (κ2) is 5.01. The molecule has 1 aromatic carbocycles. The molecule has 0 spiro atoms. The van der Waals surface area contributed by atoms with Gasteiger partial charge < -0.3 is 10.2 Å². The van der Waals surface area contributed by atoms with Crippen molar-refractivity contribution in [2.75, 3.05) is 0 Å². The number of nitrogens with zero attached hydrogens (tertiary/aromatic N) is 2. The van der Waals surface area contributed by atoms with Gasteiger partial charge in [0.25, 0.3) is 0 Å². The van der Waals surface area contributed by atoms with Crippen LogP contribution in [0.25, 0.3) is 10.6 Å². The smallest absolute Gasteiger partial charge is 0.158 e. The summed E-state index contributed by atoms with van der Waals surface area (Å²) in [5.41, 5.74) is 0.750. The Morgan fingerprint density at radius 2 is 2.06 bits per heavy atom. The van der Waals surface area contributed by atoms with Crippen LogP contribution >= 0.6 is 27.3 Å². The molecule has 1 unspecified atom stereocenters. The van der Waals surface area contributed by atoms with Gasteiger partial charge >= 0.3 is 0 Å². The number of halogens is 1. The maximum absolute atomic E-state index is 9.42. The van der Waals surface area contributed by atoms with Gasteiger partial charge in [-0.05, 0) is 24.6 Å². The van der Waals surface area contributed by atoms with Crippen molar-refractivity contribution in [2.45, 2.75) is 18.2 Å². The topological polar surface area (TPSA) is 66.2 Å². The zero-order valence-corrected chi connectivity index (χ0v) is 11.5. The number of hydrogen-bond donors (Lipinski definition) is 2. The maximum Gasteiger partial charge on any atom is 0.158 e. The lowest BCUT2D eigenvalue weighted by atomic mass is 10.2. The number of rotatable bonds is 3. The average Bonchev–Trinajstić information content (AvgIpc) is 2.81. The highest BCUT2D eigenvalue weighted by atomic mass is 79.9. The van der Waals surface area contributed by atoms with E-state index in [1.165, 1.54) is 23.5 Å². The Balaban J connectivity index is 2.33. The van der Waals surface area contributed by atoms with E-state index in [0.717, 1.165) is 22.0 Å². The predicted octanol–water partition coefficient (Wildman–Crippen LogP) is 3.46. The van der Waals surface area contributed by atoms with Gasteiger partial charge in [0.05, 0.1) is 4.83 Å². The normalized spacial score (nSPS) is 12.6. The minimum absolute atomic E-state index is 0.134. The van der Waals surface area contributed by atoms with Crippen molar-refractivity contribution in [3.8, 4) is 22.1 Å². The van der Waals surface area contributed by atoms with E-state index in [4.69, 9.17) is 0 Å². The van der Waals surface area contributed by atoms with Crippen molar-refractivity contribution in [2.24, 2.45) is 0 Å². The average molecular weight is 315 g/mol. The molecule has 0 aliphatic carbocycles. The van der Waals surface area contributed by atoms with Crippen molar-refractivity contribution < 1.29 is 10.2 Å². The van der Waals surface area contributed by atoms with Gasteiger partial charge in [0, 0.05) is 5.56 Å². The molecule has 90 valence electrons. The minimum atomic E-state index is -0.148. The molecule has 0 amide bonds. The second-order valence-corrected chi connectivity index (χ2v) is 5.64. The molecule has 0 saturated carbocycles. The van der Waals surface area contributed by atoms with Gasteiger partial charge in [-0.1, -0.05) is 34.2 Å². The fraction of sp³-hybridized carbons (Fsp3) is 0.273. The SMILES string of the molecule is CCC(Br)c1nnc(-c2ccc(O)c(O)c2)s1. The summed E-state index contributed by atoms with van der Waals surface area (Å²) in [4.78, 5) is 0.208. The quantitative estimate of drug-likeness (QED) is 0.672. The summed E-state index contributed by atoms with van der Waals surface area (Å²) < 4.78 is 0. The molecule has 4 nitrogen and oxygen atoms in total. The molecule has 1 heterocycles. The zero-order chi connectivity index (χ0) is 12.4. The molecule has 6 heteroatoms. The number of benzene rings is 1. The van der Waals surface area contributed by atoms with Gasteiger partial charge in [0.15, 0.2) is 11.5 Å². The van der Waals surface area contributed by atoms with Crippen LogP contribution in [-0.4, -0.2) is 20.4 Å². The van der Waals surface area contributed by atoms with E-state index in [1.54, 1.807) is 6.07 Å². The summed E-state index contributed by atoms with van der Waals surface area (Å²) in [6.07, 6.45) is 0.940. The van der Waals surface area contributed by atoms with Crippen molar-refractivity contribution in [3.63, 3.8) is 0 Å². The largest absolute Gasteiger partial charge is 0.504 e. The summed E-state index contributed by atoms with van der Waals surface area (Å²) in [5, 5.41) is 28.5. The van der Waals surface area contributed by atoms with Crippen LogP contribution in [0.3, 0.4) is 0 Å². The van der Waals surface area contributed by atoms with Crippen LogP contribution in [0.5, 0.6) is 11.5 Å². The van der Waals surface area contributed by atoms with E-state index in [2.05, 4.69) is 33.1 Å². The van der Waals surface area contributed by atoms with E-state index >= 15 is 0 Å². The monoisotopic (exact) mass is 314 g/mol. The molecular weight excluding hydrogens is 304 g/mol. The first-order valence-electron chi connectivity index (χ1n) is 5.11. The van der Waals surface area contributed by atoms with E-state index in [-0.39, 0.29) is 16.3 Å². The highest BCUT2D eigenvalue weighted by molar-refractivity contribution is 9.09. The molecule has 17 heavy (non-hydrogen) atoms. The molecule has 0 aliphatic rings. The van der Waals surface area contributed by atoms with Gasteiger partial charge in [0.2, 0.25) is 0 Å². The van der Waals surface area contributed by atoms with Gasteiger partial charge in [0.1, 0.15) is 10.0 Å². The summed E-state index contributed by atoms with van der Waals surface area (Å²) in [6, 6.07) is 4.63. The molecule has 0 fully saturated rings. The van der Waals surface area contributed by atoms with Crippen LogP contribution in [0.2, 0.25) is 0 Å². The Morgan fingerprint density at radius 3 is 2.71 bits per heavy atom. The number of aromatic hydroxyl groups is 2. The molecule has 0 saturated heterocycles. The van der Waals surface area contributed by atoms with Crippen LogP contribution in [-0.2, 0) is 0 Å². The molecule has 0 aliphatic heterocycles. The van der Waals surface area contributed by atoms with E-state index in [9.17, 15) is 10.2 Å². The van der Waals surface area contributed by atoms with Gasteiger partial charge in [-0.2, -0.15) is 0 Å². The third kappa shape index (κ3) is 2.58. The second-order valence-electron chi connectivity index (χ2n) is 3.52. The van der Waals surface area contributed by atoms with Crippen molar-refractivity contribution in [1.82, 2.24) is 10.2 Å². The van der Waals surface area contributed by atoms with Gasteiger partial charge in [-0.15, -0.1) is 10.2 Å². The fourth-order valence-electron chi connectivity index (χ4n) is 1.31. The molecule has 1 atom stereocenters. The van der Waals surface area contributed by atoms with E-state index in [0.29, 0.717) is 0 Å². The van der Waals surface area contributed by atoms with Gasteiger partial charge in [-0.25, -0.2) is 0 Å². The molecule has 0 bridgehead atoms. The number of hydrogen-bond acceptors (Lipinski definition) is 5. The number of aromatic nitrogens is 2. The summed E-state index contributed by atoms with van der Waals surface area (Å²) >= 11 is 4.99.